The van der Waals surface area contributed by atoms with Gasteiger partial charge in [-0.05, 0) is 39.0 Å². The predicted octanol–water partition coefficient (Wildman–Crippen LogP) is 3.90. The Hall–Kier alpha value is -1.57. The van der Waals surface area contributed by atoms with Crippen molar-refractivity contribution in [2.75, 3.05) is 18.0 Å². The average Bonchev–Trinajstić information content (AvgIpc) is 2.32. The fraction of sp³-hybridized carbons (Fsp3) is 0.500. The molecule has 0 heterocycles. The summed E-state index contributed by atoms with van der Waals surface area (Å²) in [6.45, 7) is 5.38. The third-order valence-corrected chi connectivity index (χ3v) is 3.41. The Bertz CT molecular complexity index is 528. The number of thioether (sulfide) groups is 1. The van der Waals surface area contributed by atoms with Gasteiger partial charge in [0.25, 0.3) is 0 Å². The molecule has 1 aromatic carbocycles. The number of nitrogen functional groups attached to an aromatic ring is 1. The minimum absolute atomic E-state index is 0.0588. The summed E-state index contributed by atoms with van der Waals surface area (Å²) in [7, 11) is 0. The number of carbonyl (C=O) groups is 1. The lowest BCUT2D eigenvalue weighted by Crippen LogP contribution is -2.33. The zero-order chi connectivity index (χ0) is 17.0. The number of ether oxygens (including phenoxy) is 1. The van der Waals surface area contributed by atoms with Crippen LogP contribution in [0.3, 0.4) is 0 Å². The van der Waals surface area contributed by atoms with Crippen LogP contribution in [0.4, 0.5) is 23.7 Å². The Balaban J connectivity index is 2.54. The first-order valence-corrected chi connectivity index (χ1v) is 7.54. The molecule has 124 valence electrons. The summed E-state index contributed by atoms with van der Waals surface area (Å²) < 4.78 is 43.7. The fourth-order valence-corrected chi connectivity index (χ4v) is 2.44. The summed E-state index contributed by atoms with van der Waals surface area (Å²) in [6, 6.07) is 3.65. The van der Waals surface area contributed by atoms with E-state index in [2.05, 4.69) is 5.32 Å². The van der Waals surface area contributed by atoms with Crippen molar-refractivity contribution >= 4 is 23.5 Å². The summed E-state index contributed by atoms with van der Waals surface area (Å²) in [5, 5.41) is 2.49. The number of hydrogen-bond acceptors (Lipinski definition) is 4. The van der Waals surface area contributed by atoms with E-state index in [1.54, 1.807) is 20.8 Å². The summed E-state index contributed by atoms with van der Waals surface area (Å²) in [6.07, 6.45) is -5.06. The van der Waals surface area contributed by atoms with E-state index < -0.39 is 23.4 Å². The Morgan fingerprint density at radius 2 is 1.95 bits per heavy atom. The van der Waals surface area contributed by atoms with Crippen molar-refractivity contribution < 1.29 is 22.7 Å². The summed E-state index contributed by atoms with van der Waals surface area (Å²) in [5.74, 6) is 0.284. The first-order chi connectivity index (χ1) is 9.99. The van der Waals surface area contributed by atoms with Gasteiger partial charge in [0.05, 0.1) is 5.56 Å². The van der Waals surface area contributed by atoms with Crippen molar-refractivity contribution in [3.05, 3.63) is 23.8 Å². The van der Waals surface area contributed by atoms with Gasteiger partial charge in [-0.25, -0.2) is 4.79 Å². The number of alkyl halides is 3. The number of anilines is 1. The Morgan fingerprint density at radius 1 is 1.32 bits per heavy atom. The van der Waals surface area contributed by atoms with E-state index >= 15 is 0 Å². The van der Waals surface area contributed by atoms with E-state index in [9.17, 15) is 18.0 Å². The lowest BCUT2D eigenvalue weighted by atomic mass is 10.2. The van der Waals surface area contributed by atoms with Gasteiger partial charge in [0.1, 0.15) is 5.60 Å². The third-order valence-electron chi connectivity index (χ3n) is 2.34. The molecule has 0 aliphatic rings. The molecule has 0 spiro atoms. The standard InChI is InChI=1S/C14H19F3N2O2S/c1-13(2,3)21-12(20)19-6-7-22-11-5-4-9(18)8-10(11)14(15,16)17/h4-5,8H,6-7,18H2,1-3H3,(H,19,20). The molecular weight excluding hydrogens is 317 g/mol. The van der Waals surface area contributed by atoms with Crippen LogP contribution >= 0.6 is 11.8 Å². The molecule has 0 fully saturated rings. The number of nitrogens with two attached hydrogens (primary N) is 1. The molecule has 1 rings (SSSR count). The van der Waals surface area contributed by atoms with Gasteiger partial charge in [0.15, 0.2) is 0 Å². The van der Waals surface area contributed by atoms with Crippen molar-refractivity contribution in [2.24, 2.45) is 0 Å². The minimum Gasteiger partial charge on any atom is -0.444 e. The highest BCUT2D eigenvalue weighted by atomic mass is 32.2. The Kier molecular flexibility index (Phi) is 5.99. The van der Waals surface area contributed by atoms with Gasteiger partial charge in [-0.2, -0.15) is 13.2 Å². The van der Waals surface area contributed by atoms with Crippen LogP contribution in [-0.4, -0.2) is 24.0 Å². The summed E-state index contributed by atoms with van der Waals surface area (Å²) in [4.78, 5) is 11.5. The van der Waals surface area contributed by atoms with Gasteiger partial charge in [-0.3, -0.25) is 0 Å². The highest BCUT2D eigenvalue weighted by Crippen LogP contribution is 2.37. The number of benzene rings is 1. The lowest BCUT2D eigenvalue weighted by Gasteiger charge is -2.19. The zero-order valence-corrected chi connectivity index (χ0v) is 13.4. The monoisotopic (exact) mass is 336 g/mol. The van der Waals surface area contributed by atoms with Crippen LogP contribution in [0.1, 0.15) is 26.3 Å². The van der Waals surface area contributed by atoms with E-state index in [1.807, 2.05) is 0 Å². The minimum atomic E-state index is -4.46. The molecule has 3 N–H and O–H groups in total. The highest BCUT2D eigenvalue weighted by molar-refractivity contribution is 7.99. The number of amides is 1. The van der Waals surface area contributed by atoms with E-state index in [0.717, 1.165) is 17.8 Å². The number of halogens is 3. The normalized spacial score (nSPS) is 12.1. The second-order valence-electron chi connectivity index (χ2n) is 5.53. The summed E-state index contributed by atoms with van der Waals surface area (Å²) >= 11 is 0.997. The van der Waals surface area contributed by atoms with Gasteiger partial charge in [-0.1, -0.05) is 0 Å². The quantitative estimate of drug-likeness (QED) is 0.497. The van der Waals surface area contributed by atoms with Gasteiger partial charge in [0.2, 0.25) is 0 Å². The van der Waals surface area contributed by atoms with Crippen molar-refractivity contribution in [1.29, 1.82) is 0 Å². The molecule has 0 aliphatic heterocycles. The molecular formula is C14H19F3N2O2S. The number of carbonyl (C=O) groups excluding carboxylic acids is 1. The SMILES string of the molecule is CC(C)(C)OC(=O)NCCSc1ccc(N)cc1C(F)(F)F. The number of alkyl carbamates (subject to hydrolysis) is 1. The predicted molar refractivity (Wildman–Crippen MR) is 80.8 cm³/mol. The van der Waals surface area contributed by atoms with Crippen LogP contribution in [0.15, 0.2) is 23.1 Å². The van der Waals surface area contributed by atoms with Crippen molar-refractivity contribution in [3.63, 3.8) is 0 Å². The Labute approximate surface area is 131 Å². The van der Waals surface area contributed by atoms with Gasteiger partial charge in [-0.15, -0.1) is 11.8 Å². The first-order valence-electron chi connectivity index (χ1n) is 6.55. The highest BCUT2D eigenvalue weighted by Gasteiger charge is 2.33. The Morgan fingerprint density at radius 3 is 2.50 bits per heavy atom. The molecule has 0 saturated heterocycles. The van der Waals surface area contributed by atoms with Crippen molar-refractivity contribution in [1.82, 2.24) is 5.32 Å². The molecule has 0 saturated carbocycles. The molecule has 0 radical (unpaired) electrons. The van der Waals surface area contributed by atoms with E-state index in [4.69, 9.17) is 10.5 Å². The van der Waals surface area contributed by atoms with Crippen LogP contribution in [-0.2, 0) is 10.9 Å². The number of nitrogens with one attached hydrogen (secondary N) is 1. The molecule has 1 amide bonds. The van der Waals surface area contributed by atoms with Gasteiger partial charge < -0.3 is 15.8 Å². The number of rotatable bonds is 4. The van der Waals surface area contributed by atoms with Crippen molar-refractivity contribution in [3.8, 4) is 0 Å². The van der Waals surface area contributed by atoms with Gasteiger partial charge >= 0.3 is 12.3 Å². The zero-order valence-electron chi connectivity index (χ0n) is 12.6. The smallest absolute Gasteiger partial charge is 0.417 e. The third kappa shape index (κ3) is 6.46. The molecule has 0 atom stereocenters. The van der Waals surface area contributed by atoms with Crippen LogP contribution < -0.4 is 11.1 Å². The molecule has 0 aliphatic carbocycles. The molecule has 8 heteroatoms. The van der Waals surface area contributed by atoms with E-state index in [1.165, 1.54) is 12.1 Å². The van der Waals surface area contributed by atoms with Crippen LogP contribution in [0.5, 0.6) is 0 Å². The van der Waals surface area contributed by atoms with E-state index in [0.29, 0.717) is 0 Å². The van der Waals surface area contributed by atoms with Crippen LogP contribution in [0.2, 0.25) is 0 Å². The fourth-order valence-electron chi connectivity index (χ4n) is 1.52. The first kappa shape index (κ1) is 18.5. The molecule has 4 nitrogen and oxygen atoms in total. The molecule has 22 heavy (non-hydrogen) atoms. The average molecular weight is 336 g/mol. The molecule has 0 aromatic heterocycles. The second kappa shape index (κ2) is 7.13. The maximum absolute atomic E-state index is 12.9. The maximum Gasteiger partial charge on any atom is 0.417 e. The lowest BCUT2D eigenvalue weighted by molar-refractivity contribution is -0.139. The molecule has 0 unspecified atom stereocenters. The largest absolute Gasteiger partial charge is 0.444 e. The van der Waals surface area contributed by atoms with Crippen LogP contribution in [0.25, 0.3) is 0 Å². The van der Waals surface area contributed by atoms with Crippen molar-refractivity contribution in [2.45, 2.75) is 37.4 Å². The van der Waals surface area contributed by atoms with Crippen LogP contribution in [0, 0.1) is 0 Å². The molecule has 0 bridgehead atoms. The van der Waals surface area contributed by atoms with E-state index in [-0.39, 0.29) is 22.9 Å². The number of hydrogen-bond donors (Lipinski definition) is 2. The van der Waals surface area contributed by atoms with Gasteiger partial charge in [0, 0.05) is 22.9 Å². The topological polar surface area (TPSA) is 64.3 Å². The summed E-state index contributed by atoms with van der Waals surface area (Å²) in [5.41, 5.74) is 4.07. The molecule has 1 aromatic rings. The second-order valence-corrected chi connectivity index (χ2v) is 6.67. The maximum atomic E-state index is 12.9.